The highest BCUT2D eigenvalue weighted by molar-refractivity contribution is 9.10. The molecule has 1 fully saturated rings. The van der Waals surface area contributed by atoms with Crippen LogP contribution in [0.4, 0.5) is 0 Å². The van der Waals surface area contributed by atoms with Gasteiger partial charge in [0.05, 0.1) is 4.90 Å². The van der Waals surface area contributed by atoms with Gasteiger partial charge in [-0.1, -0.05) is 12.1 Å². The van der Waals surface area contributed by atoms with Gasteiger partial charge in [-0.25, -0.2) is 13.1 Å². The van der Waals surface area contributed by atoms with Crippen LogP contribution in [0.2, 0.25) is 0 Å². The molecular weight excluding hydrogens is 416 g/mol. The molecule has 1 aromatic heterocycles. The molecule has 1 aliphatic heterocycles. The van der Waals surface area contributed by atoms with Crippen molar-refractivity contribution in [2.75, 3.05) is 19.6 Å². The van der Waals surface area contributed by atoms with E-state index in [4.69, 9.17) is 4.42 Å². The Morgan fingerprint density at radius 1 is 1.23 bits per heavy atom. The monoisotopic (exact) mass is 440 g/mol. The maximum Gasteiger partial charge on any atom is 0.241 e. The van der Waals surface area contributed by atoms with Gasteiger partial charge in [0, 0.05) is 23.1 Å². The van der Waals surface area contributed by atoms with Gasteiger partial charge in [0.1, 0.15) is 11.5 Å². The van der Waals surface area contributed by atoms with Crippen molar-refractivity contribution in [3.8, 4) is 0 Å². The highest BCUT2D eigenvalue weighted by atomic mass is 79.9. The largest absolute Gasteiger partial charge is 0.466 e. The Labute approximate surface area is 163 Å². The van der Waals surface area contributed by atoms with E-state index in [-0.39, 0.29) is 0 Å². The van der Waals surface area contributed by atoms with Gasteiger partial charge in [-0.2, -0.15) is 0 Å². The number of benzene rings is 1. The maximum absolute atomic E-state index is 12.5. The van der Waals surface area contributed by atoms with E-state index in [0.29, 0.717) is 21.8 Å². The number of nitrogens with zero attached hydrogens (tertiary/aromatic N) is 1. The van der Waals surface area contributed by atoms with Gasteiger partial charge in [-0.05, 0) is 79.8 Å². The lowest BCUT2D eigenvalue weighted by Gasteiger charge is -2.31. The minimum atomic E-state index is -3.48. The summed E-state index contributed by atoms with van der Waals surface area (Å²) in [5, 5.41) is 0. The van der Waals surface area contributed by atoms with Crippen molar-refractivity contribution in [1.29, 1.82) is 0 Å². The summed E-state index contributed by atoms with van der Waals surface area (Å²) in [6.45, 7) is 7.32. The smallest absolute Gasteiger partial charge is 0.241 e. The number of nitrogens with one attached hydrogen (secondary N) is 1. The maximum atomic E-state index is 12.5. The quantitative estimate of drug-likeness (QED) is 0.740. The van der Waals surface area contributed by atoms with Crippen LogP contribution in [0.15, 0.2) is 44.1 Å². The number of hydrogen-bond donors (Lipinski definition) is 1. The zero-order chi connectivity index (χ0) is 18.7. The predicted molar refractivity (Wildman–Crippen MR) is 106 cm³/mol. The molecule has 0 amide bonds. The first-order chi connectivity index (χ1) is 12.3. The van der Waals surface area contributed by atoms with Crippen molar-refractivity contribution in [3.63, 3.8) is 0 Å². The highest BCUT2D eigenvalue weighted by Crippen LogP contribution is 2.23. The summed E-state index contributed by atoms with van der Waals surface area (Å²) in [5.74, 6) is 2.32. The van der Waals surface area contributed by atoms with Crippen LogP contribution in [-0.4, -0.2) is 33.0 Å². The van der Waals surface area contributed by atoms with Crippen molar-refractivity contribution in [1.82, 2.24) is 9.62 Å². The van der Waals surface area contributed by atoms with Gasteiger partial charge in [-0.15, -0.1) is 0 Å². The van der Waals surface area contributed by atoms with Gasteiger partial charge in [0.15, 0.2) is 0 Å². The van der Waals surface area contributed by atoms with E-state index in [9.17, 15) is 8.42 Å². The fourth-order valence-corrected chi connectivity index (χ4v) is 5.52. The predicted octanol–water partition coefficient (Wildman–Crippen LogP) is 3.85. The average Bonchev–Trinajstić information content (AvgIpc) is 2.92. The SMILES string of the molecule is Cc1cc(CN2CCC(CNS(=O)(=O)c3ccccc3Br)CC2)c(C)o1. The molecule has 1 aromatic carbocycles. The summed E-state index contributed by atoms with van der Waals surface area (Å²) < 4.78 is 33.9. The Balaban J connectivity index is 1.50. The number of sulfonamides is 1. The number of hydrogen-bond acceptors (Lipinski definition) is 4. The Hall–Kier alpha value is -1.15. The third kappa shape index (κ3) is 4.76. The van der Waals surface area contributed by atoms with Crippen LogP contribution in [0, 0.1) is 19.8 Å². The standard InChI is InChI=1S/C19H25BrN2O3S/c1-14-11-17(15(2)25-14)13-22-9-7-16(8-10-22)12-21-26(23,24)19-6-4-3-5-18(19)20/h3-6,11,16,21H,7-10,12-13H2,1-2H3. The van der Waals surface area contributed by atoms with Gasteiger partial charge in [0.25, 0.3) is 0 Å². The topological polar surface area (TPSA) is 62.6 Å². The molecule has 5 nitrogen and oxygen atoms in total. The summed E-state index contributed by atoms with van der Waals surface area (Å²) in [6, 6.07) is 9.00. The van der Waals surface area contributed by atoms with Crippen LogP contribution in [0.25, 0.3) is 0 Å². The molecule has 142 valence electrons. The molecule has 7 heteroatoms. The molecule has 26 heavy (non-hydrogen) atoms. The van der Waals surface area contributed by atoms with Crippen LogP contribution >= 0.6 is 15.9 Å². The molecule has 2 aromatic rings. The van der Waals surface area contributed by atoms with E-state index in [1.165, 1.54) is 5.56 Å². The third-order valence-corrected chi connectivity index (χ3v) is 7.37. The van der Waals surface area contributed by atoms with E-state index in [0.717, 1.165) is 44.0 Å². The second-order valence-corrected chi connectivity index (χ2v) is 9.53. The molecular formula is C19H25BrN2O3S. The average molecular weight is 441 g/mol. The van der Waals surface area contributed by atoms with Crippen molar-refractivity contribution < 1.29 is 12.8 Å². The molecule has 2 heterocycles. The first kappa shape index (κ1) is 19.6. The number of piperidine rings is 1. The van der Waals surface area contributed by atoms with Crippen molar-refractivity contribution in [2.24, 2.45) is 5.92 Å². The summed E-state index contributed by atoms with van der Waals surface area (Å²) in [6.07, 6.45) is 1.99. The molecule has 0 spiro atoms. The number of furan rings is 1. The summed E-state index contributed by atoms with van der Waals surface area (Å²) >= 11 is 3.31. The van der Waals surface area contributed by atoms with E-state index in [1.807, 2.05) is 19.9 Å². The van der Waals surface area contributed by atoms with Crippen LogP contribution in [0.1, 0.15) is 29.9 Å². The molecule has 0 atom stereocenters. The van der Waals surface area contributed by atoms with Gasteiger partial charge in [-0.3, -0.25) is 4.90 Å². The Bertz CT molecular complexity index is 855. The molecule has 0 saturated carbocycles. The normalized spacial score (nSPS) is 16.9. The second-order valence-electron chi connectivity index (χ2n) is 6.94. The fourth-order valence-electron chi connectivity index (χ4n) is 3.40. The molecule has 3 rings (SSSR count). The first-order valence-electron chi connectivity index (χ1n) is 8.87. The molecule has 1 saturated heterocycles. The molecule has 0 bridgehead atoms. The lowest BCUT2D eigenvalue weighted by Crippen LogP contribution is -2.38. The number of halogens is 1. The summed E-state index contributed by atoms with van der Waals surface area (Å²) in [4.78, 5) is 2.71. The fraction of sp³-hybridized carbons (Fsp3) is 0.474. The van der Waals surface area contributed by atoms with Gasteiger partial charge >= 0.3 is 0 Å². The van der Waals surface area contributed by atoms with Crippen molar-refractivity contribution >= 4 is 26.0 Å². The van der Waals surface area contributed by atoms with E-state index >= 15 is 0 Å². The Morgan fingerprint density at radius 2 is 1.92 bits per heavy atom. The van der Waals surface area contributed by atoms with Crippen molar-refractivity contribution in [2.45, 2.75) is 38.1 Å². The zero-order valence-electron chi connectivity index (χ0n) is 15.2. The minimum absolute atomic E-state index is 0.295. The van der Waals surface area contributed by atoms with E-state index < -0.39 is 10.0 Å². The summed E-state index contributed by atoms with van der Waals surface area (Å²) in [5.41, 5.74) is 1.25. The lowest BCUT2D eigenvalue weighted by atomic mass is 9.97. The highest BCUT2D eigenvalue weighted by Gasteiger charge is 2.23. The number of likely N-dealkylation sites (tertiary alicyclic amines) is 1. The van der Waals surface area contributed by atoms with Crippen LogP contribution < -0.4 is 4.72 Å². The number of aryl methyl sites for hydroxylation is 2. The molecule has 0 radical (unpaired) electrons. The van der Waals surface area contributed by atoms with E-state index in [2.05, 4.69) is 31.6 Å². The summed E-state index contributed by atoms with van der Waals surface area (Å²) in [7, 11) is -3.48. The lowest BCUT2D eigenvalue weighted by molar-refractivity contribution is 0.178. The minimum Gasteiger partial charge on any atom is -0.466 e. The Kier molecular flexibility index (Phi) is 6.22. The number of rotatable bonds is 6. The van der Waals surface area contributed by atoms with Crippen LogP contribution in [0.5, 0.6) is 0 Å². The molecule has 1 N–H and O–H groups in total. The van der Waals surface area contributed by atoms with Gasteiger partial charge in [0.2, 0.25) is 10.0 Å². The third-order valence-electron chi connectivity index (χ3n) is 4.93. The van der Waals surface area contributed by atoms with Gasteiger partial charge < -0.3 is 4.42 Å². The van der Waals surface area contributed by atoms with Crippen LogP contribution in [0.3, 0.4) is 0 Å². The molecule has 0 aliphatic carbocycles. The van der Waals surface area contributed by atoms with Crippen LogP contribution in [-0.2, 0) is 16.6 Å². The Morgan fingerprint density at radius 3 is 2.54 bits per heavy atom. The molecule has 0 unspecified atom stereocenters. The van der Waals surface area contributed by atoms with Crippen molar-refractivity contribution in [3.05, 3.63) is 51.9 Å². The second kappa shape index (κ2) is 8.25. The zero-order valence-corrected chi connectivity index (χ0v) is 17.6. The van der Waals surface area contributed by atoms with E-state index in [1.54, 1.807) is 18.2 Å². The molecule has 1 aliphatic rings. The first-order valence-corrected chi connectivity index (χ1v) is 11.2.